The molecule has 1 saturated carbocycles. The molecule has 4 unspecified atom stereocenters. The molecule has 2 aliphatic carbocycles. The van der Waals surface area contributed by atoms with Gasteiger partial charge in [0.15, 0.2) is 5.96 Å². The lowest BCUT2D eigenvalue weighted by Crippen LogP contribution is -2.43. The average Bonchev–Trinajstić information content (AvgIpc) is 3.39. The Balaban J connectivity index is 0.00000256. The largest absolute Gasteiger partial charge is 0.357 e. The summed E-state index contributed by atoms with van der Waals surface area (Å²) in [4.78, 5) is 35.7. The zero-order chi connectivity index (χ0) is 20.4. The number of allylic oxidation sites excluding steroid dienone is 2. The third-order valence-electron chi connectivity index (χ3n) is 6.32. The van der Waals surface area contributed by atoms with E-state index in [2.05, 4.69) is 39.7 Å². The van der Waals surface area contributed by atoms with Crippen LogP contribution in [0.5, 0.6) is 0 Å². The number of guanidine groups is 1. The molecule has 7 nitrogen and oxygen atoms in total. The maximum Gasteiger partial charge on any atom is 0.233 e. The van der Waals surface area contributed by atoms with Crippen LogP contribution in [0, 0.1) is 30.6 Å². The lowest BCUT2D eigenvalue weighted by molar-refractivity contribution is -0.140. The Kier molecular flexibility index (Phi) is 7.49. The fraction of sp³-hybridized carbons (Fsp3) is 0.545. The van der Waals surface area contributed by atoms with Gasteiger partial charge in [-0.05, 0) is 55.7 Å². The van der Waals surface area contributed by atoms with Gasteiger partial charge in [-0.2, -0.15) is 0 Å². The van der Waals surface area contributed by atoms with Crippen LogP contribution in [-0.4, -0.2) is 53.8 Å². The van der Waals surface area contributed by atoms with E-state index in [0.29, 0.717) is 25.6 Å². The van der Waals surface area contributed by atoms with Crippen molar-refractivity contribution < 1.29 is 9.59 Å². The van der Waals surface area contributed by atoms with Crippen LogP contribution in [0.25, 0.3) is 0 Å². The summed E-state index contributed by atoms with van der Waals surface area (Å²) in [5.41, 5.74) is 2.41. The van der Waals surface area contributed by atoms with Gasteiger partial charge in [0.25, 0.3) is 0 Å². The number of halogens is 1. The Hall–Kier alpha value is -1.97. The summed E-state index contributed by atoms with van der Waals surface area (Å²) in [7, 11) is 0. The molecular weight excluding hydrogens is 493 g/mol. The van der Waals surface area contributed by atoms with Crippen molar-refractivity contribution in [3.8, 4) is 0 Å². The van der Waals surface area contributed by atoms with E-state index in [1.54, 1.807) is 6.20 Å². The highest BCUT2D eigenvalue weighted by atomic mass is 127. The number of carbonyl (C=O) groups is 2. The number of pyridine rings is 1. The number of nitrogens with zero attached hydrogens (tertiary/aromatic N) is 3. The van der Waals surface area contributed by atoms with Gasteiger partial charge in [-0.25, -0.2) is 0 Å². The van der Waals surface area contributed by atoms with E-state index in [4.69, 9.17) is 0 Å². The fourth-order valence-electron chi connectivity index (χ4n) is 4.88. The highest BCUT2D eigenvalue weighted by molar-refractivity contribution is 14.0. The Bertz CT molecular complexity index is 826. The third kappa shape index (κ3) is 4.38. The molecule has 2 heterocycles. The van der Waals surface area contributed by atoms with E-state index in [1.807, 2.05) is 19.2 Å². The van der Waals surface area contributed by atoms with Crippen molar-refractivity contribution in [2.45, 2.75) is 26.7 Å². The summed E-state index contributed by atoms with van der Waals surface area (Å²) < 4.78 is 0. The molecule has 1 aromatic rings. The molecule has 4 atom stereocenters. The van der Waals surface area contributed by atoms with Crippen molar-refractivity contribution in [1.29, 1.82) is 0 Å². The van der Waals surface area contributed by atoms with Gasteiger partial charge in [0.05, 0.1) is 11.8 Å². The summed E-state index contributed by atoms with van der Waals surface area (Å²) >= 11 is 0. The number of hydrogen-bond acceptors (Lipinski definition) is 4. The Morgan fingerprint density at radius 3 is 2.53 bits per heavy atom. The standard InChI is InChI=1S/C22H29N5O2.HI/c1-3-24-22(25-9-7-15-6-8-23-13-14(15)2)26-10-11-27-20(28)18-16-4-5-17(12-16)19(18)21(27)29;/h4-6,8,13,16-19H,3,7,9-12H2,1-2H3,(H2,24,25,26);1H. The number of carbonyl (C=O) groups excluding carboxylic acids is 2. The number of amides is 2. The number of likely N-dealkylation sites (tertiary alicyclic amines) is 1. The van der Waals surface area contributed by atoms with Gasteiger partial charge in [-0.1, -0.05) is 12.2 Å². The summed E-state index contributed by atoms with van der Waals surface area (Å²) in [5.74, 6) is 0.999. The van der Waals surface area contributed by atoms with E-state index >= 15 is 0 Å². The number of nitrogens with one attached hydrogen (secondary N) is 2. The molecule has 2 N–H and O–H groups in total. The maximum atomic E-state index is 12.7. The molecule has 8 heteroatoms. The predicted octanol–water partition coefficient (Wildman–Crippen LogP) is 1.91. The first-order valence-electron chi connectivity index (χ1n) is 10.6. The van der Waals surface area contributed by atoms with Gasteiger partial charge in [0.2, 0.25) is 11.8 Å². The van der Waals surface area contributed by atoms with Crippen LogP contribution in [0.4, 0.5) is 0 Å². The van der Waals surface area contributed by atoms with Crippen LogP contribution < -0.4 is 10.6 Å². The molecule has 0 aromatic carbocycles. The molecule has 0 spiro atoms. The normalized spacial score (nSPS) is 26.7. The first-order valence-corrected chi connectivity index (χ1v) is 10.6. The van der Waals surface area contributed by atoms with E-state index in [-0.39, 0.29) is 59.5 Å². The van der Waals surface area contributed by atoms with E-state index < -0.39 is 0 Å². The van der Waals surface area contributed by atoms with Crippen molar-refractivity contribution in [3.63, 3.8) is 0 Å². The van der Waals surface area contributed by atoms with Gasteiger partial charge < -0.3 is 10.6 Å². The first-order chi connectivity index (χ1) is 14.1. The first kappa shape index (κ1) is 22.7. The van der Waals surface area contributed by atoms with Crippen LogP contribution in [0.3, 0.4) is 0 Å². The summed E-state index contributed by atoms with van der Waals surface area (Å²) in [6.45, 7) is 6.36. The van der Waals surface area contributed by atoms with Crippen molar-refractivity contribution in [3.05, 3.63) is 41.7 Å². The van der Waals surface area contributed by atoms with Crippen LogP contribution in [0.2, 0.25) is 0 Å². The third-order valence-corrected chi connectivity index (χ3v) is 6.32. The monoisotopic (exact) mass is 523 g/mol. The topological polar surface area (TPSA) is 86.7 Å². The smallest absolute Gasteiger partial charge is 0.233 e. The molecule has 30 heavy (non-hydrogen) atoms. The molecule has 1 saturated heterocycles. The minimum absolute atomic E-state index is 0. The van der Waals surface area contributed by atoms with Gasteiger partial charge in [-0.15, -0.1) is 24.0 Å². The van der Waals surface area contributed by atoms with Crippen LogP contribution >= 0.6 is 24.0 Å². The minimum atomic E-state index is -0.122. The van der Waals surface area contributed by atoms with Crippen LogP contribution in [-0.2, 0) is 16.0 Å². The number of aromatic nitrogens is 1. The summed E-state index contributed by atoms with van der Waals surface area (Å²) in [5, 5.41) is 6.48. The van der Waals surface area contributed by atoms with E-state index in [9.17, 15) is 9.59 Å². The number of imide groups is 1. The summed E-state index contributed by atoms with van der Waals surface area (Å²) in [6, 6.07) is 2.02. The zero-order valence-electron chi connectivity index (χ0n) is 17.5. The number of fused-ring (bicyclic) bond motifs is 5. The second kappa shape index (κ2) is 9.89. The molecular formula is C22H30IN5O2. The van der Waals surface area contributed by atoms with Crippen molar-refractivity contribution in [1.82, 2.24) is 20.5 Å². The number of rotatable bonds is 7. The van der Waals surface area contributed by atoms with Crippen LogP contribution in [0.1, 0.15) is 24.5 Å². The number of aliphatic imine (C=N–C) groups is 1. The lowest BCUT2D eigenvalue weighted by atomic mass is 9.85. The van der Waals surface area contributed by atoms with Crippen molar-refractivity contribution in [2.24, 2.45) is 28.7 Å². The van der Waals surface area contributed by atoms with Crippen molar-refractivity contribution in [2.75, 3.05) is 26.2 Å². The highest BCUT2D eigenvalue weighted by Gasteiger charge is 2.58. The molecule has 2 fully saturated rings. The molecule has 2 amide bonds. The van der Waals surface area contributed by atoms with Gasteiger partial charge in [0.1, 0.15) is 0 Å². The van der Waals surface area contributed by atoms with Crippen molar-refractivity contribution >= 4 is 41.8 Å². The Morgan fingerprint density at radius 1 is 1.20 bits per heavy atom. The molecule has 162 valence electrons. The number of aryl methyl sites for hydroxylation is 1. The average molecular weight is 523 g/mol. The SMILES string of the molecule is CCNC(=NCCc1ccncc1C)NCCN1C(=O)C2C3C=CC(C3)C2C1=O.I. The van der Waals surface area contributed by atoms with Gasteiger partial charge in [0, 0.05) is 38.6 Å². The molecule has 2 bridgehead atoms. The molecule has 1 aromatic heterocycles. The zero-order valence-corrected chi connectivity index (χ0v) is 19.8. The van der Waals surface area contributed by atoms with Gasteiger partial charge in [-0.3, -0.25) is 24.5 Å². The second-order valence-electron chi connectivity index (χ2n) is 8.07. The van der Waals surface area contributed by atoms with Gasteiger partial charge >= 0.3 is 0 Å². The number of hydrogen-bond donors (Lipinski definition) is 2. The van der Waals surface area contributed by atoms with E-state index in [0.717, 1.165) is 19.4 Å². The quantitative estimate of drug-likeness (QED) is 0.188. The molecule has 3 aliphatic rings. The molecule has 1 aliphatic heterocycles. The Labute approximate surface area is 194 Å². The summed E-state index contributed by atoms with van der Waals surface area (Å²) in [6.07, 6.45) is 9.72. The lowest BCUT2D eigenvalue weighted by Gasteiger charge is -2.18. The fourth-order valence-corrected chi connectivity index (χ4v) is 4.88. The van der Waals surface area contributed by atoms with Crippen LogP contribution in [0.15, 0.2) is 35.6 Å². The Morgan fingerprint density at radius 2 is 1.90 bits per heavy atom. The highest BCUT2D eigenvalue weighted by Crippen LogP contribution is 2.52. The molecule has 4 rings (SSSR count). The minimum Gasteiger partial charge on any atom is -0.357 e. The second-order valence-corrected chi connectivity index (χ2v) is 8.07. The predicted molar refractivity (Wildman–Crippen MR) is 127 cm³/mol. The van der Waals surface area contributed by atoms with E-state index in [1.165, 1.54) is 16.0 Å². The molecule has 0 radical (unpaired) electrons. The maximum absolute atomic E-state index is 12.7.